The highest BCUT2D eigenvalue weighted by Gasteiger charge is 2.08. The highest BCUT2D eigenvalue weighted by atomic mass is 35.5. The quantitative estimate of drug-likeness (QED) is 0.830. The van der Waals surface area contributed by atoms with Gasteiger partial charge >= 0.3 is 0 Å². The van der Waals surface area contributed by atoms with Gasteiger partial charge in [0, 0.05) is 11.4 Å². The lowest BCUT2D eigenvalue weighted by molar-refractivity contribution is -0.119. The number of hydrogen-bond acceptors (Lipinski definition) is 2. The Morgan fingerprint density at radius 2 is 2.14 bits per heavy atom. The molecule has 2 N–H and O–H groups in total. The highest BCUT2D eigenvalue weighted by Crippen LogP contribution is 2.16. The van der Waals surface area contributed by atoms with Crippen molar-refractivity contribution < 1.29 is 4.79 Å². The number of hydrogen-bond donors (Lipinski definition) is 1. The first-order valence-electron chi connectivity index (χ1n) is 4.63. The van der Waals surface area contributed by atoms with Gasteiger partial charge in [-0.1, -0.05) is 29.8 Å². The molecule has 1 atom stereocenters. The Labute approximate surface area is 89.1 Å². The zero-order chi connectivity index (χ0) is 10.6. The number of carbonyl (C=O) groups excluding carboxylic acids is 1. The molecule has 76 valence electrons. The van der Waals surface area contributed by atoms with Crippen molar-refractivity contribution >= 4 is 17.4 Å². The van der Waals surface area contributed by atoms with Crippen LogP contribution in [-0.2, 0) is 11.2 Å². The summed E-state index contributed by atoms with van der Waals surface area (Å²) in [6.07, 6.45) is 1.13. The van der Waals surface area contributed by atoms with Gasteiger partial charge in [-0.25, -0.2) is 0 Å². The maximum atomic E-state index is 11.3. The predicted molar refractivity (Wildman–Crippen MR) is 58.4 cm³/mol. The minimum absolute atomic E-state index is 0.0740. The third-order valence-electron chi connectivity index (χ3n) is 2.11. The van der Waals surface area contributed by atoms with E-state index in [0.29, 0.717) is 17.9 Å². The van der Waals surface area contributed by atoms with Crippen LogP contribution in [0.3, 0.4) is 0 Å². The predicted octanol–water partition coefficient (Wildman–Crippen LogP) is 2.19. The molecule has 0 aliphatic heterocycles. The zero-order valence-corrected chi connectivity index (χ0v) is 8.92. The molecule has 1 aromatic carbocycles. The summed E-state index contributed by atoms with van der Waals surface area (Å²) >= 11 is 5.94. The maximum Gasteiger partial charge on any atom is 0.149 e. The van der Waals surface area contributed by atoms with Crippen molar-refractivity contribution in [3.8, 4) is 0 Å². The largest absolute Gasteiger partial charge is 0.322 e. The zero-order valence-electron chi connectivity index (χ0n) is 8.16. The third-order valence-corrected chi connectivity index (χ3v) is 2.48. The fourth-order valence-corrected chi connectivity index (χ4v) is 1.42. The number of halogens is 1. The summed E-state index contributed by atoms with van der Waals surface area (Å²) in [6, 6.07) is 7.17. The van der Waals surface area contributed by atoms with Crippen LogP contribution in [0.4, 0.5) is 0 Å². The van der Waals surface area contributed by atoms with Crippen LogP contribution in [0.25, 0.3) is 0 Å². The number of ketones is 1. The molecule has 14 heavy (non-hydrogen) atoms. The van der Waals surface area contributed by atoms with Crippen molar-refractivity contribution in [3.05, 3.63) is 34.9 Å². The van der Waals surface area contributed by atoms with Crippen LogP contribution in [0.5, 0.6) is 0 Å². The van der Waals surface area contributed by atoms with Crippen LogP contribution in [0.2, 0.25) is 5.02 Å². The number of rotatable bonds is 4. The molecular formula is C11H14ClNO. The van der Waals surface area contributed by atoms with E-state index in [0.717, 1.165) is 5.56 Å². The first-order chi connectivity index (χ1) is 6.61. The molecule has 0 aromatic heterocycles. The molecule has 0 heterocycles. The molecule has 0 radical (unpaired) electrons. The van der Waals surface area contributed by atoms with Crippen LogP contribution in [0.15, 0.2) is 24.3 Å². The number of benzene rings is 1. The molecule has 0 saturated heterocycles. The molecule has 0 amide bonds. The lowest BCUT2D eigenvalue weighted by Crippen LogP contribution is -2.26. The van der Waals surface area contributed by atoms with Crippen molar-refractivity contribution in [1.29, 1.82) is 0 Å². The minimum atomic E-state index is -0.377. The van der Waals surface area contributed by atoms with Crippen molar-refractivity contribution in [1.82, 2.24) is 0 Å². The highest BCUT2D eigenvalue weighted by molar-refractivity contribution is 6.31. The van der Waals surface area contributed by atoms with E-state index in [9.17, 15) is 4.79 Å². The van der Waals surface area contributed by atoms with E-state index in [4.69, 9.17) is 17.3 Å². The van der Waals surface area contributed by atoms with Crippen molar-refractivity contribution in [2.24, 2.45) is 5.73 Å². The molecule has 1 unspecified atom stereocenters. The summed E-state index contributed by atoms with van der Waals surface area (Å²) in [5.41, 5.74) is 6.46. The standard InChI is InChI=1S/C11H14ClNO/c1-8(13)11(14)7-6-9-4-2-3-5-10(9)12/h2-5,8H,6-7,13H2,1H3. The van der Waals surface area contributed by atoms with Crippen molar-refractivity contribution in [2.45, 2.75) is 25.8 Å². The molecule has 0 spiro atoms. The maximum absolute atomic E-state index is 11.3. The van der Waals surface area contributed by atoms with Crippen LogP contribution >= 0.6 is 11.6 Å². The fourth-order valence-electron chi connectivity index (χ4n) is 1.19. The number of nitrogens with two attached hydrogens (primary N) is 1. The summed E-state index contributed by atoms with van der Waals surface area (Å²) < 4.78 is 0. The molecule has 0 bridgehead atoms. The first kappa shape index (κ1) is 11.2. The molecule has 1 aromatic rings. The number of aryl methyl sites for hydroxylation is 1. The fraction of sp³-hybridized carbons (Fsp3) is 0.364. The van der Waals surface area contributed by atoms with Gasteiger partial charge in [0.15, 0.2) is 0 Å². The summed E-state index contributed by atoms with van der Waals surface area (Å²) in [5, 5.41) is 0.713. The van der Waals surface area contributed by atoms with Crippen LogP contribution < -0.4 is 5.73 Å². The Bertz CT molecular complexity index is 323. The average molecular weight is 212 g/mol. The van der Waals surface area contributed by atoms with E-state index in [1.165, 1.54) is 0 Å². The van der Waals surface area contributed by atoms with Gasteiger partial charge in [-0.2, -0.15) is 0 Å². The van der Waals surface area contributed by atoms with E-state index >= 15 is 0 Å². The van der Waals surface area contributed by atoms with Crippen molar-refractivity contribution in [3.63, 3.8) is 0 Å². The second-order valence-electron chi connectivity index (χ2n) is 3.35. The SMILES string of the molecule is CC(N)C(=O)CCc1ccccc1Cl. The van der Waals surface area contributed by atoms with Gasteiger partial charge in [-0.05, 0) is 25.0 Å². The van der Waals surface area contributed by atoms with E-state index in [1.54, 1.807) is 6.92 Å². The van der Waals surface area contributed by atoms with E-state index in [-0.39, 0.29) is 11.8 Å². The van der Waals surface area contributed by atoms with Crippen LogP contribution in [0, 0.1) is 0 Å². The summed E-state index contributed by atoms with van der Waals surface area (Å²) in [4.78, 5) is 11.3. The van der Waals surface area contributed by atoms with Gasteiger partial charge < -0.3 is 5.73 Å². The third kappa shape index (κ3) is 3.13. The summed E-state index contributed by atoms with van der Waals surface area (Å²) in [7, 11) is 0. The average Bonchev–Trinajstić information content (AvgIpc) is 2.16. The van der Waals surface area contributed by atoms with Crippen LogP contribution in [-0.4, -0.2) is 11.8 Å². The Hall–Kier alpha value is -0.860. The van der Waals surface area contributed by atoms with E-state index in [1.807, 2.05) is 24.3 Å². The molecule has 0 aliphatic rings. The van der Waals surface area contributed by atoms with Gasteiger partial charge in [0.05, 0.1) is 6.04 Å². The van der Waals surface area contributed by atoms with E-state index in [2.05, 4.69) is 0 Å². The van der Waals surface area contributed by atoms with Gasteiger partial charge in [0.1, 0.15) is 5.78 Å². The van der Waals surface area contributed by atoms with Gasteiger partial charge in [-0.3, -0.25) is 4.79 Å². The second kappa shape index (κ2) is 5.13. The van der Waals surface area contributed by atoms with Gasteiger partial charge in [0.2, 0.25) is 0 Å². The smallest absolute Gasteiger partial charge is 0.149 e. The molecule has 0 saturated carbocycles. The molecule has 0 aliphatic carbocycles. The Morgan fingerprint density at radius 1 is 1.50 bits per heavy atom. The number of Topliss-reactive ketones (excluding diaryl/α,β-unsaturated/α-hetero) is 1. The van der Waals surface area contributed by atoms with Gasteiger partial charge in [-0.15, -0.1) is 0 Å². The van der Waals surface area contributed by atoms with Crippen LogP contribution in [0.1, 0.15) is 18.9 Å². The molecular weight excluding hydrogens is 198 g/mol. The van der Waals surface area contributed by atoms with E-state index < -0.39 is 0 Å². The topological polar surface area (TPSA) is 43.1 Å². The summed E-state index contributed by atoms with van der Waals surface area (Å²) in [6.45, 7) is 1.70. The Morgan fingerprint density at radius 3 is 2.71 bits per heavy atom. The second-order valence-corrected chi connectivity index (χ2v) is 3.75. The Kier molecular flexibility index (Phi) is 4.11. The lowest BCUT2D eigenvalue weighted by atomic mass is 10.0. The molecule has 0 fully saturated rings. The van der Waals surface area contributed by atoms with Crippen molar-refractivity contribution in [2.75, 3.05) is 0 Å². The summed E-state index contributed by atoms with van der Waals surface area (Å²) in [5.74, 6) is 0.0740. The normalized spacial score (nSPS) is 12.5. The lowest BCUT2D eigenvalue weighted by Gasteiger charge is -2.05. The molecule has 1 rings (SSSR count). The Balaban J connectivity index is 2.54. The molecule has 2 nitrogen and oxygen atoms in total. The number of carbonyl (C=O) groups is 1. The molecule has 3 heteroatoms. The van der Waals surface area contributed by atoms with Gasteiger partial charge in [0.25, 0.3) is 0 Å². The minimum Gasteiger partial charge on any atom is -0.322 e. The monoisotopic (exact) mass is 211 g/mol. The first-order valence-corrected chi connectivity index (χ1v) is 5.00.